The molecule has 0 N–H and O–H groups in total. The SMILES string of the molecule is CC1OCCC1N(C)C[B-](F)(F)F. The molecule has 0 amide bonds. The van der Waals surface area contributed by atoms with E-state index in [9.17, 15) is 12.9 Å². The highest BCUT2D eigenvalue weighted by atomic mass is 19.4. The molecule has 13 heavy (non-hydrogen) atoms. The van der Waals surface area contributed by atoms with E-state index in [2.05, 4.69) is 0 Å². The fourth-order valence-corrected chi connectivity index (χ4v) is 1.76. The molecule has 1 aliphatic rings. The highest BCUT2D eigenvalue weighted by molar-refractivity contribution is 6.58. The van der Waals surface area contributed by atoms with Crippen LogP contribution in [0.15, 0.2) is 0 Å². The molecule has 1 heterocycles. The molecule has 2 atom stereocenters. The summed E-state index contributed by atoms with van der Waals surface area (Å²) in [6.07, 6.45) is -0.175. The normalized spacial score (nSPS) is 30.0. The van der Waals surface area contributed by atoms with Crippen molar-refractivity contribution in [2.45, 2.75) is 25.5 Å². The van der Waals surface area contributed by atoms with E-state index in [-0.39, 0.29) is 12.1 Å². The zero-order chi connectivity index (χ0) is 10.1. The standard InChI is InChI=1S/C7H14BF3NO/c1-6-7(3-4-13-6)12(2)5-8(9,10)11/h6-7H,3-5H2,1-2H3/q-1. The molecule has 6 heteroatoms. The Morgan fingerprint density at radius 3 is 2.46 bits per heavy atom. The Morgan fingerprint density at radius 2 is 2.08 bits per heavy atom. The van der Waals surface area contributed by atoms with Crippen LogP contribution in [0.3, 0.4) is 0 Å². The first-order valence-corrected chi connectivity index (χ1v) is 4.43. The third-order valence-electron chi connectivity index (χ3n) is 2.40. The van der Waals surface area contributed by atoms with Gasteiger partial charge in [0.2, 0.25) is 0 Å². The maximum atomic E-state index is 12.1. The summed E-state index contributed by atoms with van der Waals surface area (Å²) in [7, 11) is 1.51. The average molecular weight is 196 g/mol. The molecule has 0 bridgehead atoms. The number of hydrogen-bond donors (Lipinski definition) is 0. The fraction of sp³-hybridized carbons (Fsp3) is 1.00. The van der Waals surface area contributed by atoms with Gasteiger partial charge < -0.3 is 22.6 Å². The topological polar surface area (TPSA) is 12.5 Å². The molecule has 0 aliphatic carbocycles. The number of rotatable bonds is 3. The Morgan fingerprint density at radius 1 is 1.46 bits per heavy atom. The van der Waals surface area contributed by atoms with Crippen LogP contribution < -0.4 is 0 Å². The van der Waals surface area contributed by atoms with Crippen LogP contribution in [0, 0.1) is 0 Å². The Kier molecular flexibility index (Phi) is 3.24. The molecule has 2 unspecified atom stereocenters. The highest BCUT2D eigenvalue weighted by Gasteiger charge is 2.33. The van der Waals surface area contributed by atoms with Crippen LogP contribution in [0.1, 0.15) is 13.3 Å². The first-order valence-electron chi connectivity index (χ1n) is 4.43. The van der Waals surface area contributed by atoms with Crippen LogP contribution in [0.2, 0.25) is 0 Å². The van der Waals surface area contributed by atoms with Crippen molar-refractivity contribution in [1.29, 1.82) is 0 Å². The summed E-state index contributed by atoms with van der Waals surface area (Å²) < 4.78 is 41.4. The molecule has 1 saturated heterocycles. The third kappa shape index (κ3) is 3.19. The molecule has 0 aromatic carbocycles. The van der Waals surface area contributed by atoms with Crippen molar-refractivity contribution >= 4 is 6.98 Å². The van der Waals surface area contributed by atoms with Gasteiger partial charge in [-0.05, 0) is 26.8 Å². The summed E-state index contributed by atoms with van der Waals surface area (Å²) in [5.74, 6) is 0. The minimum absolute atomic E-state index is 0.0801. The highest BCUT2D eigenvalue weighted by Crippen LogP contribution is 2.20. The molecule has 78 valence electrons. The van der Waals surface area contributed by atoms with Crippen molar-refractivity contribution in [2.75, 3.05) is 20.1 Å². The van der Waals surface area contributed by atoms with Gasteiger partial charge in [-0.25, -0.2) is 0 Å². The van der Waals surface area contributed by atoms with E-state index in [1.165, 1.54) is 11.9 Å². The lowest BCUT2D eigenvalue weighted by Crippen LogP contribution is -2.44. The van der Waals surface area contributed by atoms with Crippen LogP contribution >= 0.6 is 0 Å². The van der Waals surface area contributed by atoms with E-state index in [1.807, 2.05) is 6.92 Å². The van der Waals surface area contributed by atoms with Gasteiger partial charge >= 0.3 is 6.98 Å². The lowest BCUT2D eigenvalue weighted by Gasteiger charge is -2.30. The first-order chi connectivity index (χ1) is 5.90. The van der Waals surface area contributed by atoms with E-state index in [0.717, 1.165) is 0 Å². The van der Waals surface area contributed by atoms with Crippen LogP contribution in [0.25, 0.3) is 0 Å². The quantitative estimate of drug-likeness (QED) is 0.634. The molecule has 0 aromatic heterocycles. The second kappa shape index (κ2) is 3.88. The average Bonchev–Trinajstić information content (AvgIpc) is 2.30. The summed E-state index contributed by atoms with van der Waals surface area (Å²) in [5, 5.41) is 0. The largest absolute Gasteiger partial charge is 0.492 e. The second-order valence-corrected chi connectivity index (χ2v) is 3.58. The zero-order valence-electron chi connectivity index (χ0n) is 7.84. The Balaban J connectivity index is 2.43. The monoisotopic (exact) mass is 196 g/mol. The molecular formula is C7H14BF3NO-. The van der Waals surface area contributed by atoms with Crippen molar-refractivity contribution in [1.82, 2.24) is 4.90 Å². The molecule has 1 fully saturated rings. The van der Waals surface area contributed by atoms with E-state index in [1.54, 1.807) is 0 Å². The molecule has 0 aromatic rings. The van der Waals surface area contributed by atoms with E-state index in [0.29, 0.717) is 13.0 Å². The lowest BCUT2D eigenvalue weighted by atomic mass is 9.90. The van der Waals surface area contributed by atoms with E-state index >= 15 is 0 Å². The van der Waals surface area contributed by atoms with Crippen LogP contribution in [-0.2, 0) is 4.74 Å². The lowest BCUT2D eigenvalue weighted by molar-refractivity contribution is 0.0864. The van der Waals surface area contributed by atoms with Gasteiger partial charge in [0.25, 0.3) is 0 Å². The van der Waals surface area contributed by atoms with E-state index < -0.39 is 13.4 Å². The molecule has 1 aliphatic heterocycles. The smallest absolute Gasteiger partial charge is 0.448 e. The Labute approximate surface area is 76.1 Å². The Hall–Kier alpha value is -0.225. The molecular weight excluding hydrogens is 182 g/mol. The molecule has 0 saturated carbocycles. The Bertz CT molecular complexity index is 176. The third-order valence-corrected chi connectivity index (χ3v) is 2.40. The minimum atomic E-state index is -4.71. The maximum absolute atomic E-state index is 12.1. The number of likely N-dealkylation sites (N-methyl/N-ethyl adjacent to an activating group) is 1. The van der Waals surface area contributed by atoms with Gasteiger partial charge in [-0.3, -0.25) is 0 Å². The summed E-state index contributed by atoms with van der Waals surface area (Å²) in [6.45, 7) is -2.33. The van der Waals surface area contributed by atoms with Crippen molar-refractivity contribution in [3.05, 3.63) is 0 Å². The molecule has 0 spiro atoms. The second-order valence-electron chi connectivity index (χ2n) is 3.58. The predicted molar refractivity (Wildman–Crippen MR) is 45.5 cm³/mol. The van der Waals surface area contributed by atoms with Gasteiger partial charge in [0.1, 0.15) is 0 Å². The van der Waals surface area contributed by atoms with Crippen LogP contribution in [0.4, 0.5) is 12.9 Å². The van der Waals surface area contributed by atoms with Crippen molar-refractivity contribution in [3.8, 4) is 0 Å². The zero-order valence-corrected chi connectivity index (χ0v) is 7.84. The number of ether oxygens (including phenoxy) is 1. The van der Waals surface area contributed by atoms with E-state index in [4.69, 9.17) is 4.74 Å². The van der Waals surface area contributed by atoms with Gasteiger partial charge in [0.05, 0.1) is 6.10 Å². The minimum Gasteiger partial charge on any atom is -0.448 e. The summed E-state index contributed by atoms with van der Waals surface area (Å²) >= 11 is 0. The fourth-order valence-electron chi connectivity index (χ4n) is 1.76. The first kappa shape index (κ1) is 10.9. The number of halogens is 3. The number of nitrogens with zero attached hydrogens (tertiary/aromatic N) is 1. The summed E-state index contributed by atoms with van der Waals surface area (Å²) in [6, 6.07) is -0.0801. The van der Waals surface area contributed by atoms with Gasteiger partial charge in [0.15, 0.2) is 0 Å². The molecule has 0 radical (unpaired) electrons. The number of hydrogen-bond acceptors (Lipinski definition) is 2. The van der Waals surface area contributed by atoms with Crippen molar-refractivity contribution in [2.24, 2.45) is 0 Å². The molecule has 2 nitrogen and oxygen atoms in total. The van der Waals surface area contributed by atoms with Gasteiger partial charge in [-0.15, -0.1) is 0 Å². The predicted octanol–water partition coefficient (Wildman–Crippen LogP) is 1.48. The van der Waals surface area contributed by atoms with Crippen LogP contribution in [0.5, 0.6) is 0 Å². The summed E-state index contributed by atoms with van der Waals surface area (Å²) in [5.41, 5.74) is 0. The van der Waals surface area contributed by atoms with Gasteiger partial charge in [-0.1, -0.05) is 0 Å². The van der Waals surface area contributed by atoms with Crippen LogP contribution in [-0.4, -0.2) is 44.1 Å². The van der Waals surface area contributed by atoms with Gasteiger partial charge in [-0.2, -0.15) is 0 Å². The summed E-state index contributed by atoms with van der Waals surface area (Å²) in [4.78, 5) is 1.34. The maximum Gasteiger partial charge on any atom is 0.492 e. The van der Waals surface area contributed by atoms with Crippen molar-refractivity contribution < 1.29 is 17.7 Å². The van der Waals surface area contributed by atoms with Gasteiger partial charge in [0, 0.05) is 12.6 Å². The van der Waals surface area contributed by atoms with Crippen molar-refractivity contribution in [3.63, 3.8) is 0 Å². The molecule has 1 rings (SSSR count).